The largest absolute Gasteiger partial charge is 0.493 e. The molecule has 132 valence electrons. The van der Waals surface area contributed by atoms with Gasteiger partial charge in [0.15, 0.2) is 5.60 Å². The van der Waals surface area contributed by atoms with Crippen molar-refractivity contribution in [3.8, 4) is 5.75 Å². The number of hydrogen-bond donors (Lipinski definition) is 4. The van der Waals surface area contributed by atoms with E-state index in [1.807, 2.05) is 0 Å². The molecular formula is C16H20O8. The Labute approximate surface area is 138 Å². The van der Waals surface area contributed by atoms with Crippen molar-refractivity contribution in [2.75, 3.05) is 6.61 Å². The molecule has 1 aliphatic rings. The van der Waals surface area contributed by atoms with E-state index in [9.17, 15) is 24.9 Å². The van der Waals surface area contributed by atoms with Gasteiger partial charge in [0.25, 0.3) is 0 Å². The first kappa shape index (κ1) is 18.2. The number of esters is 1. The zero-order valence-corrected chi connectivity index (χ0v) is 13.1. The average Bonchev–Trinajstić information content (AvgIpc) is 2.53. The van der Waals surface area contributed by atoms with E-state index in [4.69, 9.17) is 14.6 Å². The number of benzene rings is 1. The summed E-state index contributed by atoms with van der Waals surface area (Å²) in [5.41, 5.74) is -2.17. The molecule has 0 heterocycles. The Bertz CT molecular complexity index is 616. The normalized spacial score (nSPS) is 29.8. The maximum Gasteiger partial charge on any atom is 0.342 e. The third-order valence-electron chi connectivity index (χ3n) is 3.92. The molecule has 0 aliphatic heterocycles. The molecule has 1 aromatic carbocycles. The first-order valence-electron chi connectivity index (χ1n) is 7.53. The second-order valence-electron chi connectivity index (χ2n) is 5.68. The number of aliphatic hydroxyl groups excluding tert-OH is 2. The van der Waals surface area contributed by atoms with Crippen LogP contribution in [0.1, 0.15) is 30.1 Å². The number of hydrogen-bond acceptors (Lipinski definition) is 7. The highest BCUT2D eigenvalue weighted by Gasteiger charge is 2.50. The Hall–Kier alpha value is -2.16. The summed E-state index contributed by atoms with van der Waals surface area (Å²) >= 11 is 0. The molecule has 1 aliphatic carbocycles. The number of aliphatic hydroxyl groups is 3. The van der Waals surface area contributed by atoms with Crippen molar-refractivity contribution in [2.24, 2.45) is 0 Å². The third-order valence-corrected chi connectivity index (χ3v) is 3.92. The molecule has 24 heavy (non-hydrogen) atoms. The standard InChI is InChI=1S/C16H20O8/c1-2-23-11-6-4-3-5-9(11)14(19)24-12-8-16(22,15(20)21)7-10(17)13(12)18/h3-6,10,12-13,17-18,22H,2,7-8H2,1H3,(H,20,21)/t10-,12-,13-,16+/m1/s1. The van der Waals surface area contributed by atoms with Crippen LogP contribution in [0.25, 0.3) is 0 Å². The molecule has 1 fully saturated rings. The second-order valence-corrected chi connectivity index (χ2v) is 5.68. The maximum absolute atomic E-state index is 12.3. The summed E-state index contributed by atoms with van der Waals surface area (Å²) in [6.45, 7) is 2.07. The number of aliphatic carboxylic acids is 1. The van der Waals surface area contributed by atoms with Crippen molar-refractivity contribution in [1.29, 1.82) is 0 Å². The van der Waals surface area contributed by atoms with Crippen LogP contribution < -0.4 is 4.74 Å². The summed E-state index contributed by atoms with van der Waals surface area (Å²) in [5, 5.41) is 38.8. The Morgan fingerprint density at radius 3 is 2.54 bits per heavy atom. The highest BCUT2D eigenvalue weighted by molar-refractivity contribution is 5.92. The Morgan fingerprint density at radius 1 is 1.25 bits per heavy atom. The lowest BCUT2D eigenvalue weighted by atomic mass is 9.79. The number of carboxylic acids is 1. The maximum atomic E-state index is 12.3. The van der Waals surface area contributed by atoms with Crippen LogP contribution >= 0.6 is 0 Å². The van der Waals surface area contributed by atoms with Crippen molar-refractivity contribution in [3.63, 3.8) is 0 Å². The second kappa shape index (κ2) is 7.16. The molecular weight excluding hydrogens is 320 g/mol. The fraction of sp³-hybridized carbons (Fsp3) is 0.500. The molecule has 8 nitrogen and oxygen atoms in total. The molecule has 0 aromatic heterocycles. The smallest absolute Gasteiger partial charge is 0.342 e. The fourth-order valence-electron chi connectivity index (χ4n) is 2.66. The van der Waals surface area contributed by atoms with Crippen LogP contribution in [-0.4, -0.2) is 62.9 Å². The summed E-state index contributed by atoms with van der Waals surface area (Å²) in [5.74, 6) is -2.11. The summed E-state index contributed by atoms with van der Waals surface area (Å²) in [6, 6.07) is 6.30. The first-order chi connectivity index (χ1) is 11.3. The minimum Gasteiger partial charge on any atom is -0.493 e. The van der Waals surface area contributed by atoms with Gasteiger partial charge < -0.3 is 29.9 Å². The van der Waals surface area contributed by atoms with E-state index < -0.39 is 48.7 Å². The van der Waals surface area contributed by atoms with E-state index in [-0.39, 0.29) is 11.3 Å². The van der Waals surface area contributed by atoms with Crippen LogP contribution in [0.3, 0.4) is 0 Å². The number of ether oxygens (including phenoxy) is 2. The van der Waals surface area contributed by atoms with Gasteiger partial charge in [0.05, 0.1) is 12.7 Å². The molecule has 1 saturated carbocycles. The number of carbonyl (C=O) groups is 2. The molecule has 0 amide bonds. The number of carbonyl (C=O) groups excluding carboxylic acids is 1. The summed E-state index contributed by atoms with van der Waals surface area (Å²) in [6.07, 6.45) is -5.46. The topological polar surface area (TPSA) is 134 Å². The van der Waals surface area contributed by atoms with Crippen molar-refractivity contribution in [1.82, 2.24) is 0 Å². The van der Waals surface area contributed by atoms with Crippen LogP contribution in [0.15, 0.2) is 24.3 Å². The molecule has 2 rings (SSSR count). The summed E-state index contributed by atoms with van der Waals surface area (Å²) in [7, 11) is 0. The zero-order chi connectivity index (χ0) is 17.9. The van der Waals surface area contributed by atoms with Crippen LogP contribution in [0.5, 0.6) is 5.75 Å². The lowest BCUT2D eigenvalue weighted by molar-refractivity contribution is -0.187. The Kier molecular flexibility index (Phi) is 5.43. The number of rotatable bonds is 5. The highest BCUT2D eigenvalue weighted by Crippen LogP contribution is 2.32. The van der Waals surface area contributed by atoms with E-state index in [2.05, 4.69) is 0 Å². The predicted molar refractivity (Wildman–Crippen MR) is 80.6 cm³/mol. The van der Waals surface area contributed by atoms with E-state index in [0.717, 1.165) is 0 Å². The molecule has 8 heteroatoms. The molecule has 4 atom stereocenters. The lowest BCUT2D eigenvalue weighted by Crippen LogP contribution is -2.57. The Balaban J connectivity index is 2.19. The van der Waals surface area contributed by atoms with Gasteiger partial charge in [0.1, 0.15) is 23.5 Å². The van der Waals surface area contributed by atoms with E-state index in [1.54, 1.807) is 25.1 Å². The van der Waals surface area contributed by atoms with Crippen LogP contribution in [-0.2, 0) is 9.53 Å². The van der Waals surface area contributed by atoms with Gasteiger partial charge in [-0.05, 0) is 19.1 Å². The van der Waals surface area contributed by atoms with E-state index in [1.165, 1.54) is 6.07 Å². The molecule has 0 radical (unpaired) electrons. The van der Waals surface area contributed by atoms with Crippen molar-refractivity contribution < 1.29 is 39.5 Å². The van der Waals surface area contributed by atoms with Crippen LogP contribution in [0.2, 0.25) is 0 Å². The van der Waals surface area contributed by atoms with Crippen LogP contribution in [0.4, 0.5) is 0 Å². The van der Waals surface area contributed by atoms with Crippen molar-refractivity contribution >= 4 is 11.9 Å². The van der Waals surface area contributed by atoms with Crippen LogP contribution in [0, 0.1) is 0 Å². The summed E-state index contributed by atoms with van der Waals surface area (Å²) < 4.78 is 10.5. The molecule has 0 unspecified atom stereocenters. The average molecular weight is 340 g/mol. The van der Waals surface area contributed by atoms with E-state index in [0.29, 0.717) is 6.61 Å². The van der Waals surface area contributed by atoms with Gasteiger partial charge in [-0.2, -0.15) is 0 Å². The number of para-hydroxylation sites is 1. The van der Waals surface area contributed by atoms with Gasteiger partial charge in [-0.15, -0.1) is 0 Å². The SMILES string of the molecule is CCOc1ccccc1C(=O)O[C@@H]1C[C@](O)(C(=O)O)C[C@@H](O)[C@H]1O. The van der Waals surface area contributed by atoms with Gasteiger partial charge >= 0.3 is 11.9 Å². The van der Waals surface area contributed by atoms with Crippen molar-refractivity contribution in [2.45, 2.75) is 43.7 Å². The quantitative estimate of drug-likeness (QED) is 0.548. The lowest BCUT2D eigenvalue weighted by Gasteiger charge is -2.39. The molecule has 0 bridgehead atoms. The van der Waals surface area contributed by atoms with Gasteiger partial charge in [0, 0.05) is 12.8 Å². The van der Waals surface area contributed by atoms with Gasteiger partial charge in [0.2, 0.25) is 0 Å². The minimum atomic E-state index is -2.27. The first-order valence-corrected chi connectivity index (χ1v) is 7.53. The van der Waals surface area contributed by atoms with E-state index >= 15 is 0 Å². The Morgan fingerprint density at radius 2 is 1.92 bits per heavy atom. The molecule has 4 N–H and O–H groups in total. The minimum absolute atomic E-state index is 0.102. The van der Waals surface area contributed by atoms with Gasteiger partial charge in [-0.25, -0.2) is 9.59 Å². The zero-order valence-electron chi connectivity index (χ0n) is 13.1. The highest BCUT2D eigenvalue weighted by atomic mass is 16.6. The molecule has 1 aromatic rings. The fourth-order valence-corrected chi connectivity index (χ4v) is 2.66. The molecule has 0 saturated heterocycles. The third kappa shape index (κ3) is 3.66. The summed E-state index contributed by atoms with van der Waals surface area (Å²) in [4.78, 5) is 23.5. The van der Waals surface area contributed by atoms with Gasteiger partial charge in [-0.1, -0.05) is 12.1 Å². The monoisotopic (exact) mass is 340 g/mol. The molecule has 0 spiro atoms. The number of carboxylic acid groups (broad SMARTS) is 1. The predicted octanol–water partition coefficient (Wildman–Crippen LogP) is -0.0580. The van der Waals surface area contributed by atoms with Crippen molar-refractivity contribution in [3.05, 3.63) is 29.8 Å². The van der Waals surface area contributed by atoms with Gasteiger partial charge in [-0.3, -0.25) is 0 Å².